The first-order valence-corrected chi connectivity index (χ1v) is 8.10. The van der Waals surface area contributed by atoms with Crippen molar-refractivity contribution >= 4 is 45.9 Å². The van der Waals surface area contributed by atoms with E-state index in [1.54, 1.807) is 16.4 Å². The Morgan fingerprint density at radius 3 is 2.36 bits per heavy atom. The normalized spacial score (nSPS) is 10.3. The van der Waals surface area contributed by atoms with Crippen molar-refractivity contribution in [3.05, 3.63) is 64.8 Å². The molecular formula is C16H15BrClN3S. The molecule has 114 valence electrons. The third kappa shape index (κ3) is 3.32. The van der Waals surface area contributed by atoms with E-state index < -0.39 is 0 Å². The van der Waals surface area contributed by atoms with Crippen LogP contribution < -0.4 is 5.73 Å². The molecule has 0 aliphatic heterocycles. The van der Waals surface area contributed by atoms with E-state index in [4.69, 9.17) is 5.73 Å². The van der Waals surface area contributed by atoms with E-state index in [2.05, 4.69) is 27.1 Å². The van der Waals surface area contributed by atoms with E-state index >= 15 is 0 Å². The number of halogens is 2. The monoisotopic (exact) mass is 395 g/mol. The zero-order valence-electron chi connectivity index (χ0n) is 11.9. The number of nitrogens with two attached hydrogens (primary N) is 1. The molecule has 0 aliphatic rings. The summed E-state index contributed by atoms with van der Waals surface area (Å²) in [5.74, 6) is 0.666. The van der Waals surface area contributed by atoms with Crippen LogP contribution in [-0.2, 0) is 0 Å². The zero-order chi connectivity index (χ0) is 14.8. The van der Waals surface area contributed by atoms with Gasteiger partial charge in [0.25, 0.3) is 0 Å². The molecule has 3 rings (SSSR count). The van der Waals surface area contributed by atoms with Crippen LogP contribution in [0.4, 0.5) is 5.82 Å². The van der Waals surface area contributed by atoms with Gasteiger partial charge >= 0.3 is 0 Å². The summed E-state index contributed by atoms with van der Waals surface area (Å²) in [7, 11) is 0. The van der Waals surface area contributed by atoms with Gasteiger partial charge in [-0.1, -0.05) is 42.1 Å². The van der Waals surface area contributed by atoms with Gasteiger partial charge in [0.15, 0.2) is 0 Å². The van der Waals surface area contributed by atoms with Crippen molar-refractivity contribution in [2.24, 2.45) is 0 Å². The molecule has 0 fully saturated rings. The van der Waals surface area contributed by atoms with Crippen molar-refractivity contribution in [3.63, 3.8) is 0 Å². The molecular weight excluding hydrogens is 382 g/mol. The summed E-state index contributed by atoms with van der Waals surface area (Å²) in [5.41, 5.74) is 8.20. The van der Waals surface area contributed by atoms with E-state index in [-0.39, 0.29) is 12.4 Å². The molecule has 0 amide bonds. The molecule has 0 saturated carbocycles. The Bertz CT molecular complexity index is 774. The van der Waals surface area contributed by atoms with Crippen LogP contribution >= 0.6 is 40.1 Å². The SMILES string of the molecule is Cc1nn(-c2ccccc2)c(N)c1Sc1ccccc1Br.Cl. The van der Waals surface area contributed by atoms with Crippen molar-refractivity contribution in [3.8, 4) is 5.69 Å². The molecule has 3 aromatic rings. The minimum atomic E-state index is 0. The van der Waals surface area contributed by atoms with Crippen LogP contribution in [0.2, 0.25) is 0 Å². The number of nitrogen functional groups attached to an aromatic ring is 1. The lowest BCUT2D eigenvalue weighted by molar-refractivity contribution is 0.872. The number of nitrogens with zero attached hydrogens (tertiary/aromatic N) is 2. The summed E-state index contributed by atoms with van der Waals surface area (Å²) >= 11 is 5.19. The summed E-state index contributed by atoms with van der Waals surface area (Å²) in [4.78, 5) is 2.12. The first-order valence-electron chi connectivity index (χ1n) is 6.49. The number of rotatable bonds is 3. The lowest BCUT2D eigenvalue weighted by atomic mass is 10.3. The topological polar surface area (TPSA) is 43.8 Å². The van der Waals surface area contributed by atoms with Crippen LogP contribution in [0.3, 0.4) is 0 Å². The highest BCUT2D eigenvalue weighted by Crippen LogP contribution is 2.38. The number of aromatic nitrogens is 2. The van der Waals surface area contributed by atoms with E-state index in [1.165, 1.54) is 0 Å². The highest BCUT2D eigenvalue weighted by Gasteiger charge is 2.15. The third-order valence-electron chi connectivity index (χ3n) is 3.09. The molecule has 22 heavy (non-hydrogen) atoms. The standard InChI is InChI=1S/C16H14BrN3S.ClH/c1-11-15(21-14-10-6-5-9-13(14)17)16(18)20(19-11)12-7-3-2-4-8-12;/h2-10H,18H2,1H3;1H. The first kappa shape index (κ1) is 16.9. The number of benzene rings is 2. The molecule has 0 bridgehead atoms. The predicted octanol–water partition coefficient (Wildman–Crippen LogP) is 5.10. The fourth-order valence-corrected chi connectivity index (χ4v) is 3.50. The minimum Gasteiger partial charge on any atom is -0.383 e. The van der Waals surface area contributed by atoms with Crippen LogP contribution in [0, 0.1) is 6.92 Å². The van der Waals surface area contributed by atoms with Gasteiger partial charge in [0, 0.05) is 9.37 Å². The lowest BCUT2D eigenvalue weighted by Crippen LogP contribution is -2.01. The Hall–Kier alpha value is -1.43. The second-order valence-electron chi connectivity index (χ2n) is 4.58. The van der Waals surface area contributed by atoms with Crippen molar-refractivity contribution < 1.29 is 0 Å². The highest BCUT2D eigenvalue weighted by atomic mass is 79.9. The molecule has 6 heteroatoms. The summed E-state index contributed by atoms with van der Waals surface area (Å²) in [5, 5.41) is 4.56. The predicted molar refractivity (Wildman–Crippen MR) is 98.2 cm³/mol. The zero-order valence-corrected chi connectivity index (χ0v) is 15.1. The Kier molecular flexibility index (Phi) is 5.56. The van der Waals surface area contributed by atoms with Crippen molar-refractivity contribution in [1.82, 2.24) is 9.78 Å². The van der Waals surface area contributed by atoms with Gasteiger partial charge < -0.3 is 5.73 Å². The van der Waals surface area contributed by atoms with Gasteiger partial charge in [0.1, 0.15) is 5.82 Å². The Labute approximate surface area is 148 Å². The Balaban J connectivity index is 0.00000176. The number of para-hydroxylation sites is 1. The smallest absolute Gasteiger partial charge is 0.141 e. The highest BCUT2D eigenvalue weighted by molar-refractivity contribution is 9.10. The van der Waals surface area contributed by atoms with Gasteiger partial charge in [-0.15, -0.1) is 12.4 Å². The summed E-state index contributed by atoms with van der Waals surface area (Å²) in [6.07, 6.45) is 0. The number of hydrogen-bond donors (Lipinski definition) is 1. The van der Waals surface area contributed by atoms with Crippen LogP contribution in [0.1, 0.15) is 5.69 Å². The average molecular weight is 397 g/mol. The van der Waals surface area contributed by atoms with Gasteiger partial charge in [0.05, 0.1) is 16.3 Å². The third-order valence-corrected chi connectivity index (χ3v) is 5.33. The van der Waals surface area contributed by atoms with Crippen LogP contribution in [0.15, 0.2) is 68.9 Å². The van der Waals surface area contributed by atoms with E-state index in [0.717, 1.165) is 25.6 Å². The van der Waals surface area contributed by atoms with Gasteiger partial charge in [0.2, 0.25) is 0 Å². The molecule has 0 atom stereocenters. The van der Waals surface area contributed by atoms with Gasteiger partial charge in [-0.3, -0.25) is 0 Å². The van der Waals surface area contributed by atoms with Crippen LogP contribution in [0.5, 0.6) is 0 Å². The second-order valence-corrected chi connectivity index (χ2v) is 6.49. The molecule has 1 aromatic heterocycles. The molecule has 0 spiro atoms. The summed E-state index contributed by atoms with van der Waals surface area (Å²) < 4.78 is 2.84. The maximum absolute atomic E-state index is 6.30. The number of aryl methyl sites for hydroxylation is 1. The largest absolute Gasteiger partial charge is 0.383 e. The van der Waals surface area contributed by atoms with Crippen molar-refractivity contribution in [2.75, 3.05) is 5.73 Å². The maximum Gasteiger partial charge on any atom is 0.141 e. The lowest BCUT2D eigenvalue weighted by Gasteiger charge is -2.06. The van der Waals surface area contributed by atoms with E-state index in [0.29, 0.717) is 5.82 Å². The van der Waals surface area contributed by atoms with Crippen molar-refractivity contribution in [1.29, 1.82) is 0 Å². The Morgan fingerprint density at radius 2 is 1.68 bits per heavy atom. The quantitative estimate of drug-likeness (QED) is 0.670. The molecule has 0 aliphatic carbocycles. The summed E-state index contributed by atoms with van der Waals surface area (Å²) in [6, 6.07) is 18.0. The average Bonchev–Trinajstić information content (AvgIpc) is 2.78. The van der Waals surface area contributed by atoms with Crippen molar-refractivity contribution in [2.45, 2.75) is 16.7 Å². The minimum absolute atomic E-state index is 0. The van der Waals surface area contributed by atoms with Crippen LogP contribution in [0.25, 0.3) is 5.69 Å². The molecule has 0 unspecified atom stereocenters. The van der Waals surface area contributed by atoms with E-state index in [1.807, 2.05) is 55.5 Å². The molecule has 0 saturated heterocycles. The van der Waals surface area contributed by atoms with Crippen LogP contribution in [-0.4, -0.2) is 9.78 Å². The maximum atomic E-state index is 6.30. The Morgan fingerprint density at radius 1 is 1.05 bits per heavy atom. The van der Waals surface area contributed by atoms with Gasteiger partial charge in [-0.25, -0.2) is 4.68 Å². The molecule has 0 radical (unpaired) electrons. The van der Waals surface area contributed by atoms with E-state index in [9.17, 15) is 0 Å². The summed E-state index contributed by atoms with van der Waals surface area (Å²) in [6.45, 7) is 1.98. The first-order chi connectivity index (χ1) is 10.2. The second kappa shape index (κ2) is 7.22. The molecule has 1 heterocycles. The fourth-order valence-electron chi connectivity index (χ4n) is 2.06. The molecule has 3 nitrogen and oxygen atoms in total. The number of anilines is 1. The molecule has 2 N–H and O–H groups in total. The number of hydrogen-bond acceptors (Lipinski definition) is 3. The van der Waals surface area contributed by atoms with Gasteiger partial charge in [-0.05, 0) is 47.1 Å². The molecule has 2 aromatic carbocycles. The van der Waals surface area contributed by atoms with Gasteiger partial charge in [-0.2, -0.15) is 5.10 Å². The fraction of sp³-hybridized carbons (Fsp3) is 0.0625.